The van der Waals surface area contributed by atoms with E-state index in [9.17, 15) is 0 Å². The van der Waals surface area contributed by atoms with Gasteiger partial charge in [0, 0.05) is 42.8 Å². The molecule has 5 N–H and O–H groups in total. The maximum absolute atomic E-state index is 5.47. The number of rotatable bonds is 7. The first-order valence-electron chi connectivity index (χ1n) is 9.62. The third-order valence-electron chi connectivity index (χ3n) is 5.49. The van der Waals surface area contributed by atoms with E-state index in [1.165, 1.54) is 27.6 Å². The molecule has 4 rings (SSSR count). The minimum atomic E-state index is 0.173. The SMILES string of the molecule is NC(N)=NCCCN(Cc1c[nH]c2ccccc12)C1Cc2ccccc2C1. The topological polar surface area (TPSA) is 83.4 Å². The number of nitrogens with one attached hydrogen (secondary N) is 1. The molecule has 0 unspecified atom stereocenters. The predicted octanol–water partition coefficient (Wildman–Crippen LogP) is 2.80. The first kappa shape index (κ1) is 17.6. The van der Waals surface area contributed by atoms with Gasteiger partial charge >= 0.3 is 0 Å². The van der Waals surface area contributed by atoms with Crippen LogP contribution < -0.4 is 11.5 Å². The molecule has 0 fully saturated rings. The number of nitrogens with two attached hydrogens (primary N) is 2. The van der Waals surface area contributed by atoms with Gasteiger partial charge in [0.15, 0.2) is 5.96 Å². The van der Waals surface area contributed by atoms with Gasteiger partial charge in [-0.3, -0.25) is 9.89 Å². The van der Waals surface area contributed by atoms with Gasteiger partial charge in [-0.2, -0.15) is 0 Å². The summed E-state index contributed by atoms with van der Waals surface area (Å²) in [4.78, 5) is 10.1. The number of guanidine groups is 1. The Kier molecular flexibility index (Phi) is 5.12. The van der Waals surface area contributed by atoms with Gasteiger partial charge in [-0.1, -0.05) is 42.5 Å². The molecule has 0 saturated carbocycles. The lowest BCUT2D eigenvalue weighted by Gasteiger charge is -2.28. The summed E-state index contributed by atoms with van der Waals surface area (Å²) >= 11 is 0. The van der Waals surface area contributed by atoms with Crippen LogP contribution in [0.3, 0.4) is 0 Å². The Balaban J connectivity index is 1.52. The van der Waals surface area contributed by atoms with E-state index >= 15 is 0 Å². The number of aromatic amines is 1. The van der Waals surface area contributed by atoms with Crippen LogP contribution in [0.15, 0.2) is 59.7 Å². The second-order valence-electron chi connectivity index (χ2n) is 7.32. The Labute approximate surface area is 160 Å². The summed E-state index contributed by atoms with van der Waals surface area (Å²) in [5.41, 5.74) is 16.5. The highest BCUT2D eigenvalue weighted by atomic mass is 15.2. The summed E-state index contributed by atoms with van der Waals surface area (Å²) in [5.74, 6) is 0.173. The van der Waals surface area contributed by atoms with Crippen LogP contribution in [0.25, 0.3) is 10.9 Å². The molecular weight excluding hydrogens is 334 g/mol. The van der Waals surface area contributed by atoms with E-state index in [1.54, 1.807) is 0 Å². The zero-order valence-electron chi connectivity index (χ0n) is 15.6. The van der Waals surface area contributed by atoms with Crippen LogP contribution in [0.5, 0.6) is 0 Å². The fourth-order valence-electron chi connectivity index (χ4n) is 4.15. The number of nitrogens with zero attached hydrogens (tertiary/aromatic N) is 2. The largest absolute Gasteiger partial charge is 0.370 e. The molecule has 0 atom stereocenters. The number of benzene rings is 2. The summed E-state index contributed by atoms with van der Waals surface area (Å²) in [7, 11) is 0. The van der Waals surface area contributed by atoms with Crippen molar-refractivity contribution in [2.45, 2.75) is 31.8 Å². The number of aliphatic imine (C=N–C) groups is 1. The first-order chi connectivity index (χ1) is 13.2. The number of hydrogen-bond donors (Lipinski definition) is 3. The van der Waals surface area contributed by atoms with Crippen molar-refractivity contribution < 1.29 is 0 Å². The van der Waals surface area contributed by atoms with Gasteiger partial charge in [0.2, 0.25) is 0 Å². The summed E-state index contributed by atoms with van der Waals surface area (Å²) in [6.07, 6.45) is 5.32. The third-order valence-corrected chi connectivity index (χ3v) is 5.49. The van der Waals surface area contributed by atoms with Gasteiger partial charge in [-0.05, 0) is 42.0 Å². The molecule has 5 heteroatoms. The number of aromatic nitrogens is 1. The first-order valence-corrected chi connectivity index (χ1v) is 9.62. The number of H-pyrrole nitrogens is 1. The molecule has 0 spiro atoms. The van der Waals surface area contributed by atoms with Crippen molar-refractivity contribution in [3.63, 3.8) is 0 Å². The van der Waals surface area contributed by atoms with Crippen LogP contribution in [-0.2, 0) is 19.4 Å². The zero-order chi connectivity index (χ0) is 18.6. The molecule has 140 valence electrons. The highest BCUT2D eigenvalue weighted by Crippen LogP contribution is 2.28. The van der Waals surface area contributed by atoms with Crippen molar-refractivity contribution >= 4 is 16.9 Å². The molecule has 0 bridgehead atoms. The van der Waals surface area contributed by atoms with Crippen LogP contribution in [0.2, 0.25) is 0 Å². The van der Waals surface area contributed by atoms with Crippen LogP contribution in [0, 0.1) is 0 Å². The van der Waals surface area contributed by atoms with Crippen molar-refractivity contribution in [1.29, 1.82) is 0 Å². The average Bonchev–Trinajstić information content (AvgIpc) is 3.28. The van der Waals surface area contributed by atoms with E-state index in [4.69, 9.17) is 11.5 Å². The highest BCUT2D eigenvalue weighted by molar-refractivity contribution is 5.83. The highest BCUT2D eigenvalue weighted by Gasteiger charge is 2.26. The van der Waals surface area contributed by atoms with Gasteiger partial charge in [-0.25, -0.2) is 0 Å². The molecule has 1 aliphatic rings. The van der Waals surface area contributed by atoms with Gasteiger partial charge in [-0.15, -0.1) is 0 Å². The van der Waals surface area contributed by atoms with Crippen molar-refractivity contribution in [1.82, 2.24) is 9.88 Å². The van der Waals surface area contributed by atoms with E-state index in [0.717, 1.165) is 32.4 Å². The molecule has 0 saturated heterocycles. The molecule has 2 aromatic carbocycles. The van der Waals surface area contributed by atoms with Crippen molar-refractivity contribution in [2.24, 2.45) is 16.5 Å². The monoisotopic (exact) mass is 361 g/mol. The summed E-state index contributed by atoms with van der Waals surface area (Å²) < 4.78 is 0. The minimum absolute atomic E-state index is 0.173. The Hall–Kier alpha value is -2.79. The molecule has 0 radical (unpaired) electrons. The Morgan fingerprint density at radius 1 is 1.04 bits per heavy atom. The molecular formula is C22H27N5. The molecule has 1 aliphatic carbocycles. The van der Waals surface area contributed by atoms with E-state index in [2.05, 4.69) is 69.6 Å². The van der Waals surface area contributed by atoms with E-state index < -0.39 is 0 Å². The van der Waals surface area contributed by atoms with E-state index in [-0.39, 0.29) is 5.96 Å². The molecule has 3 aromatic rings. The van der Waals surface area contributed by atoms with Crippen LogP contribution in [-0.4, -0.2) is 35.0 Å². The van der Waals surface area contributed by atoms with Gasteiger partial charge in [0.05, 0.1) is 0 Å². The summed E-state index contributed by atoms with van der Waals surface area (Å²) in [6.45, 7) is 2.59. The maximum atomic E-state index is 5.47. The second kappa shape index (κ2) is 7.84. The van der Waals surface area contributed by atoms with Crippen molar-refractivity contribution in [2.75, 3.05) is 13.1 Å². The average molecular weight is 361 g/mol. The summed E-state index contributed by atoms with van der Waals surface area (Å²) in [5, 5.41) is 1.31. The molecule has 1 heterocycles. The Morgan fingerprint density at radius 2 is 1.74 bits per heavy atom. The number of para-hydroxylation sites is 1. The van der Waals surface area contributed by atoms with Gasteiger partial charge < -0.3 is 16.5 Å². The minimum Gasteiger partial charge on any atom is -0.370 e. The summed E-state index contributed by atoms with van der Waals surface area (Å²) in [6, 6.07) is 17.8. The fraction of sp³-hybridized carbons (Fsp3) is 0.318. The van der Waals surface area contributed by atoms with Crippen LogP contribution >= 0.6 is 0 Å². The number of hydrogen-bond acceptors (Lipinski definition) is 2. The quantitative estimate of drug-likeness (QED) is 0.344. The second-order valence-corrected chi connectivity index (χ2v) is 7.32. The smallest absolute Gasteiger partial charge is 0.185 e. The molecule has 27 heavy (non-hydrogen) atoms. The zero-order valence-corrected chi connectivity index (χ0v) is 15.6. The molecule has 0 aliphatic heterocycles. The van der Waals surface area contributed by atoms with E-state index in [0.29, 0.717) is 12.6 Å². The lowest BCUT2D eigenvalue weighted by atomic mass is 10.1. The molecule has 0 amide bonds. The number of fused-ring (bicyclic) bond motifs is 2. The normalized spacial score (nSPS) is 14.0. The van der Waals surface area contributed by atoms with Crippen LogP contribution in [0.1, 0.15) is 23.1 Å². The lowest BCUT2D eigenvalue weighted by Crippen LogP contribution is -2.36. The van der Waals surface area contributed by atoms with Gasteiger partial charge in [0.1, 0.15) is 0 Å². The molecule has 1 aromatic heterocycles. The lowest BCUT2D eigenvalue weighted by molar-refractivity contribution is 0.192. The van der Waals surface area contributed by atoms with E-state index in [1.807, 2.05) is 0 Å². The predicted molar refractivity (Wildman–Crippen MR) is 112 cm³/mol. The van der Waals surface area contributed by atoms with Gasteiger partial charge in [0.25, 0.3) is 0 Å². The fourth-order valence-corrected chi connectivity index (χ4v) is 4.15. The third kappa shape index (κ3) is 3.98. The van der Waals surface area contributed by atoms with Crippen molar-refractivity contribution in [3.8, 4) is 0 Å². The maximum Gasteiger partial charge on any atom is 0.185 e. The van der Waals surface area contributed by atoms with Crippen LogP contribution in [0.4, 0.5) is 0 Å². The molecule has 5 nitrogen and oxygen atoms in total. The van der Waals surface area contributed by atoms with Crippen molar-refractivity contribution in [3.05, 3.63) is 71.4 Å². The standard InChI is InChI=1S/C22H27N5/c23-22(24)25-10-5-11-27(19-12-16-6-1-2-7-17(16)13-19)15-18-14-26-21-9-4-3-8-20(18)21/h1-4,6-9,14,19,26H,5,10-13,15H2,(H4,23,24,25). The Bertz CT molecular complexity index is 914. The Morgan fingerprint density at radius 3 is 2.48 bits per heavy atom.